The highest BCUT2D eigenvalue weighted by Gasteiger charge is 2.55. The molecule has 0 fully saturated rings. The minimum Gasteiger partial charge on any atom is -0.250 e. The fourth-order valence-corrected chi connectivity index (χ4v) is 4.47. The lowest BCUT2D eigenvalue weighted by Gasteiger charge is -2.44. The summed E-state index contributed by atoms with van der Waals surface area (Å²) in [6, 6.07) is 14.8. The fraction of sp³-hybridized carbons (Fsp3) is 0.450. The van der Waals surface area contributed by atoms with E-state index >= 15 is 0 Å². The summed E-state index contributed by atoms with van der Waals surface area (Å²) in [6.45, 7) is 6.21. The molecule has 1 aromatic heterocycles. The molecule has 2 atom stereocenters. The molecule has 3 rings (SSSR count). The Bertz CT molecular complexity index is 703. The summed E-state index contributed by atoms with van der Waals surface area (Å²) < 4.78 is 16.7. The maximum absolute atomic E-state index is 14.6. The van der Waals surface area contributed by atoms with Crippen molar-refractivity contribution in [2.24, 2.45) is 7.05 Å². The van der Waals surface area contributed by atoms with E-state index < -0.39 is 5.41 Å². The molecule has 0 saturated heterocycles. The number of rotatable bonds is 3. The highest BCUT2D eigenvalue weighted by Crippen LogP contribution is 2.52. The molecule has 2 heteroatoms. The van der Waals surface area contributed by atoms with E-state index in [0.29, 0.717) is 0 Å². The summed E-state index contributed by atoms with van der Waals surface area (Å²) in [5, 5.41) is 0. The smallest absolute Gasteiger partial charge is 0.212 e. The molecule has 2 heterocycles. The number of alkyl halides is 1. The second-order valence-corrected chi connectivity index (χ2v) is 6.66. The molecule has 0 saturated carbocycles. The van der Waals surface area contributed by atoms with E-state index in [-0.39, 0.29) is 12.1 Å². The number of fused-ring (bicyclic) bond motifs is 4. The van der Waals surface area contributed by atoms with Gasteiger partial charge < -0.3 is 0 Å². The molecule has 0 aliphatic carbocycles. The Hall–Kier alpha value is -1.70. The van der Waals surface area contributed by atoms with Gasteiger partial charge in [0, 0.05) is 23.1 Å². The van der Waals surface area contributed by atoms with Gasteiger partial charge in [0.15, 0.2) is 5.69 Å². The van der Waals surface area contributed by atoms with E-state index in [2.05, 4.69) is 74.9 Å². The number of benzene rings is 1. The maximum atomic E-state index is 14.6. The summed E-state index contributed by atoms with van der Waals surface area (Å²) >= 11 is 0. The normalized spacial score (nSPS) is 26.4. The fourth-order valence-electron chi connectivity index (χ4n) is 4.47. The third kappa shape index (κ3) is 1.67. The first kappa shape index (κ1) is 15.2. The van der Waals surface area contributed by atoms with Crippen LogP contribution in [-0.2, 0) is 17.9 Å². The quantitative estimate of drug-likeness (QED) is 0.736. The first-order chi connectivity index (χ1) is 10.6. The first-order valence-corrected chi connectivity index (χ1v) is 8.21. The van der Waals surface area contributed by atoms with E-state index in [0.717, 1.165) is 18.5 Å². The van der Waals surface area contributed by atoms with Crippen molar-refractivity contribution >= 4 is 0 Å². The third-order valence-electron chi connectivity index (χ3n) is 6.11. The highest BCUT2D eigenvalue weighted by molar-refractivity contribution is 5.65. The standard InChI is InChI=1S/C20H25FN/c1-5-19(3)16-11-8-7-10-15(16)17-12-9-13-18(22(17)4)20(19,6-2)14-21/h7-13H,5-6,14H2,1-4H3/q+1. The number of hydrogen-bond acceptors (Lipinski definition) is 0. The highest BCUT2D eigenvalue weighted by atomic mass is 19.1. The summed E-state index contributed by atoms with van der Waals surface area (Å²) in [6.07, 6.45) is 1.71. The molecule has 0 N–H and O–H groups in total. The monoisotopic (exact) mass is 298 g/mol. The van der Waals surface area contributed by atoms with Gasteiger partial charge in [-0.05, 0) is 30.5 Å². The number of nitrogens with zero attached hydrogens (tertiary/aromatic N) is 1. The molecular weight excluding hydrogens is 273 g/mol. The largest absolute Gasteiger partial charge is 0.250 e. The van der Waals surface area contributed by atoms with Crippen molar-refractivity contribution in [1.82, 2.24) is 0 Å². The SMILES string of the molecule is CCC1(C)c2ccccc2-c2cccc([n+]2C)C1(CC)CF. The molecule has 0 radical (unpaired) electrons. The van der Waals surface area contributed by atoms with Gasteiger partial charge in [0.25, 0.3) is 0 Å². The zero-order valence-corrected chi connectivity index (χ0v) is 14.0. The van der Waals surface area contributed by atoms with Crippen molar-refractivity contribution in [1.29, 1.82) is 0 Å². The van der Waals surface area contributed by atoms with Crippen molar-refractivity contribution in [2.45, 2.75) is 44.4 Å². The van der Waals surface area contributed by atoms with Gasteiger partial charge in [-0.1, -0.05) is 39.0 Å². The van der Waals surface area contributed by atoms with Gasteiger partial charge in [0.2, 0.25) is 5.69 Å². The van der Waals surface area contributed by atoms with Crippen molar-refractivity contribution in [3.63, 3.8) is 0 Å². The van der Waals surface area contributed by atoms with Crippen LogP contribution < -0.4 is 4.57 Å². The predicted molar refractivity (Wildman–Crippen MR) is 88.6 cm³/mol. The topological polar surface area (TPSA) is 3.88 Å². The van der Waals surface area contributed by atoms with Gasteiger partial charge in [-0.2, -0.15) is 4.57 Å². The molecule has 22 heavy (non-hydrogen) atoms. The Morgan fingerprint density at radius 3 is 2.36 bits per heavy atom. The van der Waals surface area contributed by atoms with Crippen LogP contribution in [0.5, 0.6) is 0 Å². The van der Waals surface area contributed by atoms with Crippen LogP contribution in [0.15, 0.2) is 42.5 Å². The first-order valence-electron chi connectivity index (χ1n) is 8.21. The predicted octanol–water partition coefficient (Wildman–Crippen LogP) is 4.48. The van der Waals surface area contributed by atoms with Gasteiger partial charge in [0.05, 0.1) is 5.41 Å². The van der Waals surface area contributed by atoms with Gasteiger partial charge in [-0.25, -0.2) is 4.39 Å². The third-order valence-corrected chi connectivity index (χ3v) is 6.11. The van der Waals surface area contributed by atoms with Crippen molar-refractivity contribution in [2.75, 3.05) is 6.67 Å². The van der Waals surface area contributed by atoms with Crippen molar-refractivity contribution in [3.8, 4) is 11.3 Å². The van der Waals surface area contributed by atoms with Gasteiger partial charge in [-0.3, -0.25) is 0 Å². The molecule has 1 aromatic carbocycles. The minimum atomic E-state index is -0.487. The number of halogens is 1. The van der Waals surface area contributed by atoms with Crippen LogP contribution in [0.25, 0.3) is 11.3 Å². The van der Waals surface area contributed by atoms with Crippen LogP contribution in [0, 0.1) is 0 Å². The number of pyridine rings is 1. The summed E-state index contributed by atoms with van der Waals surface area (Å²) in [5.41, 5.74) is 4.08. The van der Waals surface area contributed by atoms with Crippen LogP contribution >= 0.6 is 0 Å². The minimum absolute atomic E-state index is 0.221. The van der Waals surface area contributed by atoms with E-state index in [1.165, 1.54) is 16.8 Å². The van der Waals surface area contributed by atoms with E-state index in [9.17, 15) is 4.39 Å². The Kier molecular flexibility index (Phi) is 3.58. The molecule has 0 spiro atoms. The second kappa shape index (κ2) is 5.19. The molecular formula is C20H25FN+. The Balaban J connectivity index is 2.51. The lowest BCUT2D eigenvalue weighted by molar-refractivity contribution is -0.672. The van der Waals surface area contributed by atoms with Crippen LogP contribution in [0.3, 0.4) is 0 Å². The number of aromatic nitrogens is 1. The summed E-state index contributed by atoms with van der Waals surface area (Å²) in [7, 11) is 2.07. The van der Waals surface area contributed by atoms with Crippen molar-refractivity contribution in [3.05, 3.63) is 53.7 Å². The van der Waals surface area contributed by atoms with E-state index in [1.807, 2.05) is 0 Å². The lowest BCUT2D eigenvalue weighted by Crippen LogP contribution is -2.53. The average Bonchev–Trinajstić information content (AvgIpc) is 2.60. The van der Waals surface area contributed by atoms with Crippen LogP contribution in [0.4, 0.5) is 4.39 Å². The second-order valence-electron chi connectivity index (χ2n) is 6.66. The average molecular weight is 298 g/mol. The maximum Gasteiger partial charge on any atom is 0.212 e. The van der Waals surface area contributed by atoms with E-state index in [1.54, 1.807) is 0 Å². The van der Waals surface area contributed by atoms with Gasteiger partial charge >= 0.3 is 0 Å². The number of hydrogen-bond donors (Lipinski definition) is 0. The Morgan fingerprint density at radius 2 is 1.73 bits per heavy atom. The molecule has 0 amide bonds. The van der Waals surface area contributed by atoms with Crippen LogP contribution in [0.1, 0.15) is 44.9 Å². The Morgan fingerprint density at radius 1 is 1.00 bits per heavy atom. The zero-order chi connectivity index (χ0) is 16.0. The molecule has 2 aromatic rings. The zero-order valence-electron chi connectivity index (χ0n) is 14.0. The molecule has 116 valence electrons. The molecule has 1 aliphatic heterocycles. The van der Waals surface area contributed by atoms with Crippen molar-refractivity contribution < 1.29 is 8.96 Å². The van der Waals surface area contributed by atoms with Crippen LogP contribution in [-0.4, -0.2) is 6.67 Å². The molecule has 2 unspecified atom stereocenters. The molecule has 1 aliphatic rings. The summed E-state index contributed by atoms with van der Waals surface area (Å²) in [5.74, 6) is 0. The summed E-state index contributed by atoms with van der Waals surface area (Å²) in [4.78, 5) is 0. The Labute approximate surface area is 132 Å². The van der Waals surface area contributed by atoms with Crippen LogP contribution in [0.2, 0.25) is 0 Å². The lowest BCUT2D eigenvalue weighted by atomic mass is 9.57. The molecule has 2 bridgehead atoms. The van der Waals surface area contributed by atoms with Gasteiger partial charge in [0.1, 0.15) is 13.7 Å². The van der Waals surface area contributed by atoms with Gasteiger partial charge in [-0.15, -0.1) is 0 Å². The van der Waals surface area contributed by atoms with E-state index in [4.69, 9.17) is 0 Å². The molecule has 1 nitrogen and oxygen atoms in total.